The van der Waals surface area contributed by atoms with Gasteiger partial charge < -0.3 is 19.7 Å². The van der Waals surface area contributed by atoms with E-state index in [4.69, 9.17) is 9.47 Å². The van der Waals surface area contributed by atoms with Gasteiger partial charge in [-0.15, -0.1) is 0 Å². The zero-order valence-electron chi connectivity index (χ0n) is 16.4. The predicted octanol–water partition coefficient (Wildman–Crippen LogP) is 2.71. The van der Waals surface area contributed by atoms with E-state index in [9.17, 15) is 9.18 Å². The summed E-state index contributed by atoms with van der Waals surface area (Å²) in [6.07, 6.45) is 5.65. The number of amides is 1. The number of nitrogens with one attached hydrogen (secondary N) is 1. The van der Waals surface area contributed by atoms with Gasteiger partial charge in [0.1, 0.15) is 17.3 Å². The molecule has 152 valence electrons. The number of aromatic nitrogens is 1. The highest BCUT2D eigenvalue weighted by atomic mass is 19.1. The Morgan fingerprint density at radius 2 is 2.07 bits per heavy atom. The van der Waals surface area contributed by atoms with Crippen LogP contribution >= 0.6 is 0 Å². The van der Waals surface area contributed by atoms with Crippen molar-refractivity contribution in [2.45, 2.75) is 43.4 Å². The molecule has 1 N–H and O–H groups in total. The van der Waals surface area contributed by atoms with E-state index in [0.29, 0.717) is 30.1 Å². The van der Waals surface area contributed by atoms with Crippen molar-refractivity contribution in [1.29, 1.82) is 0 Å². The Bertz CT molecular complexity index is 931. The molecular weight excluding hydrogens is 373 g/mol. The van der Waals surface area contributed by atoms with Gasteiger partial charge in [0.15, 0.2) is 0 Å². The van der Waals surface area contributed by atoms with E-state index in [0.717, 1.165) is 43.6 Å². The van der Waals surface area contributed by atoms with Crippen LogP contribution in [0.3, 0.4) is 0 Å². The molecule has 2 bridgehead atoms. The van der Waals surface area contributed by atoms with E-state index in [1.807, 2.05) is 12.1 Å². The van der Waals surface area contributed by atoms with Crippen LogP contribution in [0.15, 0.2) is 36.5 Å². The maximum Gasteiger partial charge on any atom is 0.270 e. The maximum atomic E-state index is 13.7. The number of carbonyl (C=O) groups is 1. The first-order valence-corrected chi connectivity index (χ1v) is 10.0. The highest BCUT2D eigenvalue weighted by Crippen LogP contribution is 2.41. The molecule has 4 aliphatic rings. The first-order chi connectivity index (χ1) is 14.0. The lowest BCUT2D eigenvalue weighted by Gasteiger charge is -2.48. The van der Waals surface area contributed by atoms with Crippen LogP contribution in [0.4, 0.5) is 10.1 Å². The molecule has 6 rings (SSSR count). The Labute approximate surface area is 169 Å². The molecule has 1 aromatic heterocycles. The van der Waals surface area contributed by atoms with Gasteiger partial charge >= 0.3 is 0 Å². The van der Waals surface area contributed by atoms with Crippen LogP contribution in [-0.2, 0) is 11.2 Å². The van der Waals surface area contributed by atoms with Gasteiger partial charge in [-0.2, -0.15) is 0 Å². The molecular formula is C22H24FN3O3. The third-order valence-corrected chi connectivity index (χ3v) is 6.10. The Morgan fingerprint density at radius 3 is 2.76 bits per heavy atom. The normalized spacial score (nSPS) is 23.9. The van der Waals surface area contributed by atoms with Gasteiger partial charge in [0.05, 0.1) is 19.3 Å². The number of ether oxygens (including phenoxy) is 2. The molecule has 0 radical (unpaired) electrons. The average Bonchev–Trinajstić information content (AvgIpc) is 3.46. The number of hydrogen-bond acceptors (Lipinski definition) is 5. The van der Waals surface area contributed by atoms with Gasteiger partial charge in [-0.3, -0.25) is 9.78 Å². The second-order valence-corrected chi connectivity index (χ2v) is 8.29. The van der Waals surface area contributed by atoms with E-state index in [2.05, 4.69) is 15.2 Å². The number of piperidine rings is 1. The van der Waals surface area contributed by atoms with Gasteiger partial charge in [0.25, 0.3) is 5.91 Å². The Morgan fingerprint density at radius 1 is 1.31 bits per heavy atom. The second kappa shape index (κ2) is 6.99. The molecule has 2 atom stereocenters. The Balaban J connectivity index is 1.29. The summed E-state index contributed by atoms with van der Waals surface area (Å²) in [4.78, 5) is 19.4. The van der Waals surface area contributed by atoms with Crippen molar-refractivity contribution in [3.05, 3.63) is 53.6 Å². The van der Waals surface area contributed by atoms with E-state index >= 15 is 0 Å². The van der Waals surface area contributed by atoms with E-state index in [1.165, 1.54) is 12.1 Å². The van der Waals surface area contributed by atoms with Crippen molar-refractivity contribution in [1.82, 2.24) is 10.3 Å². The number of halogens is 1. The fourth-order valence-electron chi connectivity index (χ4n) is 4.36. The van der Waals surface area contributed by atoms with Crippen molar-refractivity contribution >= 4 is 11.6 Å². The van der Waals surface area contributed by atoms with E-state index in [1.54, 1.807) is 19.4 Å². The molecule has 1 aliphatic carbocycles. The van der Waals surface area contributed by atoms with Gasteiger partial charge in [-0.25, -0.2) is 4.39 Å². The van der Waals surface area contributed by atoms with Crippen molar-refractivity contribution < 1.29 is 18.7 Å². The number of morpholine rings is 1. The summed E-state index contributed by atoms with van der Waals surface area (Å²) in [7, 11) is 1.57. The van der Waals surface area contributed by atoms with Gasteiger partial charge in [0.2, 0.25) is 0 Å². The molecule has 1 amide bonds. The van der Waals surface area contributed by atoms with Gasteiger partial charge in [-0.05, 0) is 55.2 Å². The van der Waals surface area contributed by atoms with Crippen LogP contribution in [0.25, 0.3) is 0 Å². The second-order valence-electron chi connectivity index (χ2n) is 8.29. The van der Waals surface area contributed by atoms with Crippen LogP contribution < -0.4 is 15.0 Å². The van der Waals surface area contributed by atoms with Crippen molar-refractivity contribution in [3.8, 4) is 5.75 Å². The summed E-state index contributed by atoms with van der Waals surface area (Å²) in [5, 5.41) is 3.13. The van der Waals surface area contributed by atoms with E-state index < -0.39 is 0 Å². The summed E-state index contributed by atoms with van der Waals surface area (Å²) in [5.41, 5.74) is 1.80. The smallest absolute Gasteiger partial charge is 0.270 e. The molecule has 6 nitrogen and oxygen atoms in total. The molecule has 3 saturated heterocycles. The quantitative estimate of drug-likeness (QED) is 0.812. The predicted molar refractivity (Wildman–Crippen MR) is 106 cm³/mol. The third-order valence-electron chi connectivity index (χ3n) is 6.10. The lowest BCUT2D eigenvalue weighted by Crippen LogP contribution is -2.57. The molecule has 3 aliphatic heterocycles. The number of hydrogen-bond donors (Lipinski definition) is 1. The zero-order valence-corrected chi connectivity index (χ0v) is 16.4. The van der Waals surface area contributed by atoms with Gasteiger partial charge in [0, 0.05) is 36.9 Å². The minimum absolute atomic E-state index is 0.196. The number of carbonyl (C=O) groups excluding carboxylic acids is 1. The summed E-state index contributed by atoms with van der Waals surface area (Å²) in [6.45, 7) is 1.70. The number of fused-ring (bicyclic) bond motifs is 2. The summed E-state index contributed by atoms with van der Waals surface area (Å²) < 4.78 is 24.7. The maximum absolute atomic E-state index is 13.7. The highest BCUT2D eigenvalue weighted by Gasteiger charge is 2.45. The van der Waals surface area contributed by atoms with Crippen molar-refractivity contribution in [2.24, 2.45) is 0 Å². The van der Waals surface area contributed by atoms with Crippen LogP contribution in [0, 0.1) is 5.82 Å². The first-order valence-electron chi connectivity index (χ1n) is 10.0. The number of benzene rings is 1. The molecule has 29 heavy (non-hydrogen) atoms. The third kappa shape index (κ3) is 3.67. The van der Waals surface area contributed by atoms with Crippen LogP contribution in [0.2, 0.25) is 0 Å². The summed E-state index contributed by atoms with van der Waals surface area (Å²) in [5.74, 6) is 0.136. The molecule has 4 heterocycles. The van der Waals surface area contributed by atoms with Crippen molar-refractivity contribution in [3.63, 3.8) is 0 Å². The lowest BCUT2D eigenvalue weighted by atomic mass is 9.98. The zero-order chi connectivity index (χ0) is 20.0. The van der Waals surface area contributed by atoms with E-state index in [-0.39, 0.29) is 17.3 Å². The van der Waals surface area contributed by atoms with Crippen LogP contribution in [0.5, 0.6) is 5.75 Å². The number of methoxy groups -OCH3 is 1. The summed E-state index contributed by atoms with van der Waals surface area (Å²) in [6, 6.07) is 8.27. The van der Waals surface area contributed by atoms with Crippen LogP contribution in [0.1, 0.15) is 35.3 Å². The number of anilines is 1. The largest absolute Gasteiger partial charge is 0.496 e. The summed E-state index contributed by atoms with van der Waals surface area (Å²) >= 11 is 0. The number of pyridine rings is 1. The van der Waals surface area contributed by atoms with Gasteiger partial charge in [-0.1, -0.05) is 0 Å². The fraction of sp³-hybridized carbons (Fsp3) is 0.455. The molecule has 2 aromatic rings. The van der Waals surface area contributed by atoms with Crippen LogP contribution in [-0.4, -0.2) is 48.8 Å². The molecule has 4 fully saturated rings. The SMILES string of the molecule is COc1ccc(F)cc1CC1(NC(=O)c2cc(N3CC4CC(C3)O4)ccn2)CC1. The van der Waals surface area contributed by atoms with Crippen molar-refractivity contribution in [2.75, 3.05) is 25.1 Å². The fourth-order valence-corrected chi connectivity index (χ4v) is 4.36. The molecule has 7 heteroatoms. The Hall–Kier alpha value is -2.67. The highest BCUT2D eigenvalue weighted by molar-refractivity contribution is 5.94. The average molecular weight is 397 g/mol. The minimum atomic E-state index is -0.365. The molecule has 1 saturated carbocycles. The molecule has 2 unspecified atom stereocenters. The monoisotopic (exact) mass is 397 g/mol. The standard InChI is InChI=1S/C22H24FN3O3/c1-28-20-3-2-15(23)8-14(20)11-22(5-6-22)25-21(27)19-9-16(4-7-24-19)26-12-17-10-18(13-26)29-17/h2-4,7-9,17-18H,5-6,10-13H2,1H3,(H,25,27). The first kappa shape index (κ1) is 18.4. The number of nitrogens with zero attached hydrogens (tertiary/aromatic N) is 2. The molecule has 0 spiro atoms. The lowest BCUT2D eigenvalue weighted by molar-refractivity contribution is -0.133. The minimum Gasteiger partial charge on any atom is -0.496 e. The Kier molecular flexibility index (Phi) is 4.42. The topological polar surface area (TPSA) is 63.7 Å². The number of rotatable bonds is 6. The molecule has 1 aromatic carbocycles.